The Balaban J connectivity index is 2.72. The number of aromatic nitrogens is 1. The van der Waals surface area contributed by atoms with E-state index in [1.54, 1.807) is 6.07 Å². The molecule has 0 radical (unpaired) electrons. The number of methoxy groups -OCH3 is 1. The molecule has 1 aromatic rings. The third kappa shape index (κ3) is 3.67. The number of nitrogens with two attached hydrogens (primary N) is 1. The fourth-order valence-electron chi connectivity index (χ4n) is 1.17. The standard InChI is InChI=1S/C10H15N3O4S/c1-7(18(11,15)16)6-13-9(14)8-4-3-5-12-10(8)17-2/h3-5,7H,6H2,1-2H3,(H,13,14)(H2,11,15,16). The van der Waals surface area contributed by atoms with E-state index in [2.05, 4.69) is 10.3 Å². The molecule has 1 heterocycles. The zero-order chi connectivity index (χ0) is 13.8. The molecule has 0 fully saturated rings. The summed E-state index contributed by atoms with van der Waals surface area (Å²) in [4.78, 5) is 15.7. The highest BCUT2D eigenvalue weighted by Gasteiger charge is 2.18. The Bertz CT molecular complexity index is 530. The fourth-order valence-corrected chi connectivity index (χ4v) is 1.49. The van der Waals surface area contributed by atoms with Gasteiger partial charge in [-0.25, -0.2) is 18.5 Å². The molecule has 3 N–H and O–H groups in total. The third-order valence-electron chi connectivity index (χ3n) is 2.32. The van der Waals surface area contributed by atoms with Gasteiger partial charge in [-0.05, 0) is 19.1 Å². The number of carbonyl (C=O) groups excluding carboxylic acids is 1. The summed E-state index contributed by atoms with van der Waals surface area (Å²) in [5, 5.41) is 6.55. The average Bonchev–Trinajstić information content (AvgIpc) is 2.34. The summed E-state index contributed by atoms with van der Waals surface area (Å²) >= 11 is 0. The molecule has 0 aromatic carbocycles. The minimum absolute atomic E-state index is 0.0737. The second-order valence-electron chi connectivity index (χ2n) is 3.67. The number of carbonyl (C=O) groups is 1. The number of hydrogen-bond acceptors (Lipinski definition) is 5. The van der Waals surface area contributed by atoms with Crippen LogP contribution in [-0.2, 0) is 10.0 Å². The molecule has 1 amide bonds. The van der Waals surface area contributed by atoms with E-state index in [1.165, 1.54) is 26.3 Å². The number of nitrogens with one attached hydrogen (secondary N) is 1. The van der Waals surface area contributed by atoms with E-state index in [1.807, 2.05) is 0 Å². The highest BCUT2D eigenvalue weighted by molar-refractivity contribution is 7.89. The Morgan fingerprint density at radius 2 is 2.28 bits per heavy atom. The molecule has 0 bridgehead atoms. The number of amides is 1. The van der Waals surface area contributed by atoms with Gasteiger partial charge in [-0.2, -0.15) is 0 Å². The predicted octanol–water partition coefficient (Wildman–Crippen LogP) is -0.503. The quantitative estimate of drug-likeness (QED) is 0.751. The Morgan fingerprint density at radius 3 is 2.83 bits per heavy atom. The second-order valence-corrected chi connectivity index (χ2v) is 5.65. The van der Waals surface area contributed by atoms with Gasteiger partial charge in [0, 0.05) is 12.7 Å². The molecule has 1 unspecified atom stereocenters. The van der Waals surface area contributed by atoms with Crippen LogP contribution >= 0.6 is 0 Å². The van der Waals surface area contributed by atoms with Crippen molar-refractivity contribution in [3.8, 4) is 5.88 Å². The third-order valence-corrected chi connectivity index (χ3v) is 3.61. The SMILES string of the molecule is COc1ncccc1C(=O)NCC(C)S(N)(=O)=O. The largest absolute Gasteiger partial charge is 0.480 e. The lowest BCUT2D eigenvalue weighted by atomic mass is 10.2. The zero-order valence-electron chi connectivity index (χ0n) is 10.1. The van der Waals surface area contributed by atoms with Crippen LogP contribution in [-0.4, -0.2) is 38.2 Å². The van der Waals surface area contributed by atoms with Crippen molar-refractivity contribution in [1.82, 2.24) is 10.3 Å². The molecule has 8 heteroatoms. The lowest BCUT2D eigenvalue weighted by Crippen LogP contribution is -2.38. The Hall–Kier alpha value is -1.67. The van der Waals surface area contributed by atoms with Gasteiger partial charge in [0.2, 0.25) is 15.9 Å². The monoisotopic (exact) mass is 273 g/mol. The van der Waals surface area contributed by atoms with Crippen LogP contribution < -0.4 is 15.2 Å². The average molecular weight is 273 g/mol. The van der Waals surface area contributed by atoms with Crippen molar-refractivity contribution in [3.05, 3.63) is 23.9 Å². The first-order valence-corrected chi connectivity index (χ1v) is 6.76. The van der Waals surface area contributed by atoms with Gasteiger partial charge in [0.25, 0.3) is 5.91 Å². The van der Waals surface area contributed by atoms with Crippen molar-refractivity contribution >= 4 is 15.9 Å². The van der Waals surface area contributed by atoms with E-state index >= 15 is 0 Å². The van der Waals surface area contributed by atoms with Gasteiger partial charge in [0.15, 0.2) is 0 Å². The molecular weight excluding hydrogens is 258 g/mol. The normalized spacial score (nSPS) is 12.8. The number of sulfonamides is 1. The van der Waals surface area contributed by atoms with Crippen LogP contribution in [0.25, 0.3) is 0 Å². The van der Waals surface area contributed by atoms with Crippen molar-refractivity contribution in [2.45, 2.75) is 12.2 Å². The lowest BCUT2D eigenvalue weighted by Gasteiger charge is -2.11. The van der Waals surface area contributed by atoms with Gasteiger partial charge >= 0.3 is 0 Å². The Morgan fingerprint density at radius 1 is 1.61 bits per heavy atom. The molecule has 0 aliphatic rings. The van der Waals surface area contributed by atoms with E-state index in [-0.39, 0.29) is 18.0 Å². The maximum atomic E-state index is 11.8. The van der Waals surface area contributed by atoms with E-state index in [9.17, 15) is 13.2 Å². The minimum Gasteiger partial charge on any atom is -0.480 e. The number of hydrogen-bond donors (Lipinski definition) is 2. The van der Waals surface area contributed by atoms with Gasteiger partial charge in [-0.15, -0.1) is 0 Å². The first-order chi connectivity index (χ1) is 8.36. The van der Waals surface area contributed by atoms with Gasteiger partial charge in [-0.3, -0.25) is 4.79 Å². The summed E-state index contributed by atoms with van der Waals surface area (Å²) < 4.78 is 26.9. The molecule has 0 spiro atoms. The van der Waals surface area contributed by atoms with Crippen molar-refractivity contribution in [3.63, 3.8) is 0 Å². The molecule has 0 saturated heterocycles. The van der Waals surface area contributed by atoms with Crippen LogP contribution in [0.3, 0.4) is 0 Å². The number of ether oxygens (including phenoxy) is 1. The van der Waals surface area contributed by atoms with Crippen LogP contribution in [0.1, 0.15) is 17.3 Å². The van der Waals surface area contributed by atoms with E-state index in [0.717, 1.165) is 0 Å². The highest BCUT2D eigenvalue weighted by atomic mass is 32.2. The maximum absolute atomic E-state index is 11.8. The van der Waals surface area contributed by atoms with Crippen molar-refractivity contribution in [2.75, 3.05) is 13.7 Å². The molecule has 18 heavy (non-hydrogen) atoms. The van der Waals surface area contributed by atoms with Gasteiger partial charge in [-0.1, -0.05) is 0 Å². The van der Waals surface area contributed by atoms with Crippen molar-refractivity contribution < 1.29 is 17.9 Å². The van der Waals surface area contributed by atoms with Gasteiger partial charge in [0.1, 0.15) is 5.56 Å². The summed E-state index contributed by atoms with van der Waals surface area (Å²) in [5.41, 5.74) is 0.238. The van der Waals surface area contributed by atoms with Crippen LogP contribution in [0, 0.1) is 0 Å². The summed E-state index contributed by atoms with van der Waals surface area (Å²) in [6.07, 6.45) is 1.49. The summed E-state index contributed by atoms with van der Waals surface area (Å²) in [6, 6.07) is 3.11. The second kappa shape index (κ2) is 5.78. The van der Waals surface area contributed by atoms with Crippen LogP contribution in [0.5, 0.6) is 5.88 Å². The molecular formula is C10H15N3O4S. The Labute approximate surface area is 105 Å². The summed E-state index contributed by atoms with van der Waals surface area (Å²) in [7, 11) is -2.26. The van der Waals surface area contributed by atoms with Crippen LogP contribution in [0.4, 0.5) is 0 Å². The number of nitrogens with zero attached hydrogens (tertiary/aromatic N) is 1. The first kappa shape index (κ1) is 14.4. The highest BCUT2D eigenvalue weighted by Crippen LogP contribution is 2.12. The van der Waals surface area contributed by atoms with Gasteiger partial charge < -0.3 is 10.1 Å². The summed E-state index contributed by atoms with van der Waals surface area (Å²) in [6.45, 7) is 1.34. The lowest BCUT2D eigenvalue weighted by molar-refractivity contribution is 0.0950. The van der Waals surface area contributed by atoms with E-state index in [0.29, 0.717) is 0 Å². The van der Waals surface area contributed by atoms with Gasteiger partial charge in [0.05, 0.1) is 12.4 Å². The first-order valence-electron chi connectivity index (χ1n) is 5.15. The molecule has 0 aliphatic heterocycles. The Kier molecular flexibility index (Phi) is 4.62. The topological polar surface area (TPSA) is 111 Å². The molecule has 1 rings (SSSR count). The van der Waals surface area contributed by atoms with Crippen LogP contribution in [0.2, 0.25) is 0 Å². The number of rotatable bonds is 5. The summed E-state index contributed by atoms with van der Waals surface area (Å²) in [5.74, 6) is -0.284. The molecule has 1 atom stereocenters. The molecule has 0 saturated carbocycles. The minimum atomic E-state index is -3.66. The smallest absolute Gasteiger partial charge is 0.256 e. The predicted molar refractivity (Wildman–Crippen MR) is 65.7 cm³/mol. The molecule has 0 aliphatic carbocycles. The van der Waals surface area contributed by atoms with Crippen molar-refractivity contribution in [2.24, 2.45) is 5.14 Å². The van der Waals surface area contributed by atoms with E-state index < -0.39 is 21.2 Å². The number of pyridine rings is 1. The molecule has 1 aromatic heterocycles. The van der Waals surface area contributed by atoms with Crippen molar-refractivity contribution in [1.29, 1.82) is 0 Å². The van der Waals surface area contributed by atoms with Crippen LogP contribution in [0.15, 0.2) is 18.3 Å². The zero-order valence-corrected chi connectivity index (χ0v) is 10.9. The van der Waals surface area contributed by atoms with E-state index in [4.69, 9.17) is 9.88 Å². The molecule has 7 nitrogen and oxygen atoms in total. The maximum Gasteiger partial charge on any atom is 0.256 e. The molecule has 100 valence electrons. The number of primary sulfonamides is 1. The fraction of sp³-hybridized carbons (Fsp3) is 0.400.